The molecule has 23 heavy (non-hydrogen) atoms. The molecular weight excluding hydrogens is 310 g/mol. The molecule has 1 aliphatic rings. The van der Waals surface area contributed by atoms with E-state index in [0.717, 1.165) is 30.9 Å². The van der Waals surface area contributed by atoms with E-state index in [1.54, 1.807) is 24.4 Å². The zero-order chi connectivity index (χ0) is 16.3. The molecule has 1 saturated heterocycles. The number of sulfonamides is 1. The lowest BCUT2D eigenvalue weighted by Gasteiger charge is -2.16. The van der Waals surface area contributed by atoms with Crippen LogP contribution in [0.25, 0.3) is 0 Å². The minimum Gasteiger partial charge on any atom is -0.357 e. The third-order valence-corrected chi connectivity index (χ3v) is 5.47. The molecule has 0 amide bonds. The van der Waals surface area contributed by atoms with Crippen LogP contribution in [0, 0.1) is 0 Å². The number of nitrogens with zero attached hydrogens (tertiary/aromatic N) is 2. The van der Waals surface area contributed by atoms with E-state index < -0.39 is 10.0 Å². The maximum Gasteiger partial charge on any atom is 0.261 e. The van der Waals surface area contributed by atoms with Crippen molar-refractivity contribution in [1.29, 1.82) is 0 Å². The first-order valence-corrected chi connectivity index (χ1v) is 9.39. The van der Waals surface area contributed by atoms with Crippen molar-refractivity contribution in [2.75, 3.05) is 22.7 Å². The smallest absolute Gasteiger partial charge is 0.261 e. The van der Waals surface area contributed by atoms with E-state index in [9.17, 15) is 8.42 Å². The number of anilines is 2. The molecule has 3 rings (SSSR count). The van der Waals surface area contributed by atoms with Crippen LogP contribution in [-0.4, -0.2) is 26.5 Å². The van der Waals surface area contributed by atoms with E-state index in [-0.39, 0.29) is 4.90 Å². The summed E-state index contributed by atoms with van der Waals surface area (Å²) in [5.74, 6) is 0.901. The maximum absolute atomic E-state index is 12.4. The van der Waals surface area contributed by atoms with Crippen LogP contribution in [0.4, 0.5) is 11.5 Å². The highest BCUT2D eigenvalue weighted by Crippen LogP contribution is 2.21. The normalized spacial score (nSPS) is 14.9. The van der Waals surface area contributed by atoms with Crippen molar-refractivity contribution >= 4 is 21.5 Å². The van der Waals surface area contributed by atoms with Gasteiger partial charge in [0, 0.05) is 13.1 Å². The SMILES string of the molecule is CCc1ccc(S(=O)(=O)Nc2ccc(N3CCCC3)nc2)cc1. The lowest BCUT2D eigenvalue weighted by molar-refractivity contribution is 0.601. The number of nitrogens with one attached hydrogen (secondary N) is 1. The van der Waals surface area contributed by atoms with Gasteiger partial charge in [-0.2, -0.15) is 0 Å². The van der Waals surface area contributed by atoms with Gasteiger partial charge in [-0.05, 0) is 49.1 Å². The van der Waals surface area contributed by atoms with Gasteiger partial charge in [-0.25, -0.2) is 13.4 Å². The molecule has 2 heterocycles. The van der Waals surface area contributed by atoms with E-state index in [4.69, 9.17) is 0 Å². The fourth-order valence-electron chi connectivity index (χ4n) is 2.70. The van der Waals surface area contributed by atoms with Gasteiger partial charge in [0.25, 0.3) is 10.0 Å². The summed E-state index contributed by atoms with van der Waals surface area (Å²) < 4.78 is 27.4. The minimum atomic E-state index is -3.57. The zero-order valence-corrected chi connectivity index (χ0v) is 14.0. The van der Waals surface area contributed by atoms with E-state index in [0.29, 0.717) is 5.69 Å². The third-order valence-electron chi connectivity index (χ3n) is 4.07. The molecule has 0 spiro atoms. The van der Waals surface area contributed by atoms with Crippen molar-refractivity contribution in [3.05, 3.63) is 48.2 Å². The first kappa shape index (κ1) is 15.8. The van der Waals surface area contributed by atoms with E-state index >= 15 is 0 Å². The Kier molecular flexibility index (Phi) is 4.52. The highest BCUT2D eigenvalue weighted by atomic mass is 32.2. The molecule has 0 unspecified atom stereocenters. The molecule has 0 atom stereocenters. The van der Waals surface area contributed by atoms with Crippen LogP contribution in [0.3, 0.4) is 0 Å². The predicted molar refractivity (Wildman–Crippen MR) is 92.3 cm³/mol. The Balaban J connectivity index is 1.74. The topological polar surface area (TPSA) is 62.3 Å². The molecule has 6 heteroatoms. The number of hydrogen-bond acceptors (Lipinski definition) is 4. The number of rotatable bonds is 5. The van der Waals surface area contributed by atoms with Gasteiger partial charge in [-0.1, -0.05) is 19.1 Å². The highest BCUT2D eigenvalue weighted by molar-refractivity contribution is 7.92. The molecule has 1 aromatic heterocycles. The lowest BCUT2D eigenvalue weighted by atomic mass is 10.2. The van der Waals surface area contributed by atoms with Crippen LogP contribution in [0.15, 0.2) is 47.5 Å². The minimum absolute atomic E-state index is 0.262. The first-order valence-electron chi connectivity index (χ1n) is 7.91. The molecule has 1 aromatic carbocycles. The number of pyridine rings is 1. The summed E-state index contributed by atoms with van der Waals surface area (Å²) in [5.41, 5.74) is 1.59. The molecule has 1 N–H and O–H groups in total. The molecular formula is C17H21N3O2S. The van der Waals surface area contributed by atoms with Gasteiger partial charge < -0.3 is 4.90 Å². The van der Waals surface area contributed by atoms with Crippen molar-refractivity contribution in [3.8, 4) is 0 Å². The van der Waals surface area contributed by atoms with Gasteiger partial charge in [0.05, 0.1) is 16.8 Å². The second-order valence-corrected chi connectivity index (χ2v) is 7.38. The Hall–Kier alpha value is -2.08. The van der Waals surface area contributed by atoms with E-state index in [1.165, 1.54) is 12.8 Å². The maximum atomic E-state index is 12.4. The standard InChI is InChI=1S/C17H21N3O2S/c1-2-14-5-8-16(9-6-14)23(21,22)19-15-7-10-17(18-13-15)20-11-3-4-12-20/h5-10,13,19H,2-4,11-12H2,1H3. The summed E-state index contributed by atoms with van der Waals surface area (Å²) in [5, 5.41) is 0. The molecule has 0 aliphatic carbocycles. The van der Waals surface area contributed by atoms with Crippen molar-refractivity contribution in [3.63, 3.8) is 0 Å². The van der Waals surface area contributed by atoms with Crippen molar-refractivity contribution in [2.24, 2.45) is 0 Å². The zero-order valence-electron chi connectivity index (χ0n) is 13.2. The van der Waals surface area contributed by atoms with Crippen LogP contribution in [-0.2, 0) is 16.4 Å². The number of benzene rings is 1. The summed E-state index contributed by atoms with van der Waals surface area (Å²) in [4.78, 5) is 6.84. The van der Waals surface area contributed by atoms with Gasteiger partial charge in [0.15, 0.2) is 0 Å². The van der Waals surface area contributed by atoms with Gasteiger partial charge in [0.1, 0.15) is 5.82 Å². The Morgan fingerprint density at radius 1 is 1.09 bits per heavy atom. The van der Waals surface area contributed by atoms with Crippen LogP contribution >= 0.6 is 0 Å². The van der Waals surface area contributed by atoms with Crippen molar-refractivity contribution in [2.45, 2.75) is 31.1 Å². The summed E-state index contributed by atoms with van der Waals surface area (Å²) >= 11 is 0. The van der Waals surface area contributed by atoms with Gasteiger partial charge >= 0.3 is 0 Å². The molecule has 1 aliphatic heterocycles. The molecule has 0 radical (unpaired) electrons. The number of aryl methyl sites for hydroxylation is 1. The molecule has 0 bridgehead atoms. The van der Waals surface area contributed by atoms with Gasteiger partial charge in [0.2, 0.25) is 0 Å². The van der Waals surface area contributed by atoms with E-state index in [1.807, 2.05) is 25.1 Å². The first-order chi connectivity index (χ1) is 11.1. The van der Waals surface area contributed by atoms with Crippen LogP contribution in [0.1, 0.15) is 25.3 Å². The largest absolute Gasteiger partial charge is 0.357 e. The average Bonchev–Trinajstić information content (AvgIpc) is 3.10. The van der Waals surface area contributed by atoms with Crippen LogP contribution < -0.4 is 9.62 Å². The summed E-state index contributed by atoms with van der Waals surface area (Å²) in [6.45, 7) is 4.07. The van der Waals surface area contributed by atoms with Crippen LogP contribution in [0.2, 0.25) is 0 Å². The van der Waals surface area contributed by atoms with E-state index in [2.05, 4.69) is 14.6 Å². The predicted octanol–water partition coefficient (Wildman–Crippen LogP) is 3.05. The quantitative estimate of drug-likeness (QED) is 0.915. The third kappa shape index (κ3) is 3.64. The molecule has 122 valence electrons. The summed E-state index contributed by atoms with van der Waals surface area (Å²) in [6.07, 6.45) is 4.83. The molecule has 5 nitrogen and oxygen atoms in total. The Morgan fingerprint density at radius 2 is 1.78 bits per heavy atom. The monoisotopic (exact) mass is 331 g/mol. The Morgan fingerprint density at radius 3 is 2.35 bits per heavy atom. The lowest BCUT2D eigenvalue weighted by Crippen LogP contribution is -2.19. The Bertz CT molecular complexity index is 749. The van der Waals surface area contributed by atoms with Gasteiger partial charge in [-0.15, -0.1) is 0 Å². The summed E-state index contributed by atoms with van der Waals surface area (Å²) in [7, 11) is -3.57. The Labute approximate surface area is 137 Å². The fraction of sp³-hybridized carbons (Fsp3) is 0.353. The fourth-order valence-corrected chi connectivity index (χ4v) is 3.74. The second-order valence-electron chi connectivity index (χ2n) is 5.70. The summed E-state index contributed by atoms with van der Waals surface area (Å²) in [6, 6.07) is 10.6. The number of hydrogen-bond donors (Lipinski definition) is 1. The molecule has 0 saturated carbocycles. The van der Waals surface area contributed by atoms with Crippen LogP contribution in [0.5, 0.6) is 0 Å². The molecule has 1 fully saturated rings. The van der Waals surface area contributed by atoms with Gasteiger partial charge in [-0.3, -0.25) is 4.72 Å². The van der Waals surface area contributed by atoms with Crippen molar-refractivity contribution in [1.82, 2.24) is 4.98 Å². The second kappa shape index (κ2) is 6.58. The number of aromatic nitrogens is 1. The van der Waals surface area contributed by atoms with Crippen molar-refractivity contribution < 1.29 is 8.42 Å². The molecule has 2 aromatic rings. The average molecular weight is 331 g/mol. The highest BCUT2D eigenvalue weighted by Gasteiger charge is 2.16.